The van der Waals surface area contributed by atoms with Gasteiger partial charge in [-0.3, -0.25) is 0 Å². The molecule has 1 aromatic rings. The van der Waals surface area contributed by atoms with Gasteiger partial charge >= 0.3 is 0 Å². The normalized spacial score (nSPS) is 23.8. The lowest BCUT2D eigenvalue weighted by atomic mass is 10.0. The highest BCUT2D eigenvalue weighted by molar-refractivity contribution is 9.08. The molecule has 0 radical (unpaired) electrons. The summed E-state index contributed by atoms with van der Waals surface area (Å²) in [5.41, 5.74) is 1.70. The monoisotopic (exact) mass is 257 g/mol. The van der Waals surface area contributed by atoms with Crippen molar-refractivity contribution in [3.05, 3.63) is 17.8 Å². The Hall–Kier alpha value is -0.310. The van der Waals surface area contributed by atoms with E-state index in [1.165, 1.54) is 0 Å². The van der Waals surface area contributed by atoms with Crippen molar-refractivity contribution in [2.75, 3.05) is 0 Å². The number of rotatable bonds is 2. The standard InChI is InChI=1S/C11H16BrNO/c1-10(2)9(11(10,3)4)8-7(5-12)13-6-14-8/h6,9H,5H2,1-4H3. The zero-order valence-electron chi connectivity index (χ0n) is 9.10. The third-order valence-electron chi connectivity index (χ3n) is 4.08. The zero-order valence-corrected chi connectivity index (χ0v) is 10.7. The molecule has 0 saturated heterocycles. The maximum Gasteiger partial charge on any atom is 0.181 e. The summed E-state index contributed by atoms with van der Waals surface area (Å²) in [5, 5.41) is 0.779. The summed E-state index contributed by atoms with van der Waals surface area (Å²) in [5.74, 6) is 1.57. The van der Waals surface area contributed by atoms with E-state index in [1.54, 1.807) is 6.39 Å². The Kier molecular flexibility index (Phi) is 2.08. The molecule has 0 aromatic carbocycles. The van der Waals surface area contributed by atoms with E-state index < -0.39 is 0 Å². The van der Waals surface area contributed by atoms with Gasteiger partial charge in [-0.1, -0.05) is 43.6 Å². The fourth-order valence-electron chi connectivity index (χ4n) is 2.47. The third-order valence-corrected chi connectivity index (χ3v) is 4.61. The summed E-state index contributed by atoms with van der Waals surface area (Å²) in [6.45, 7) is 9.16. The molecule has 1 saturated carbocycles. The van der Waals surface area contributed by atoms with E-state index in [0.29, 0.717) is 16.7 Å². The Morgan fingerprint density at radius 3 is 2.36 bits per heavy atom. The average molecular weight is 258 g/mol. The number of halogens is 1. The summed E-state index contributed by atoms with van der Waals surface area (Å²) < 4.78 is 5.51. The first kappa shape index (κ1) is 10.2. The summed E-state index contributed by atoms with van der Waals surface area (Å²) in [6, 6.07) is 0. The predicted octanol–water partition coefficient (Wildman–Crippen LogP) is 3.72. The lowest BCUT2D eigenvalue weighted by molar-refractivity contribution is 0.457. The van der Waals surface area contributed by atoms with E-state index in [2.05, 4.69) is 48.6 Å². The minimum Gasteiger partial charge on any atom is -0.448 e. The van der Waals surface area contributed by atoms with Gasteiger partial charge in [0.15, 0.2) is 6.39 Å². The molecule has 0 amide bonds. The minimum atomic E-state index is 0.323. The number of alkyl halides is 1. The summed E-state index contributed by atoms with van der Waals surface area (Å²) in [4.78, 5) is 4.21. The van der Waals surface area contributed by atoms with Crippen LogP contribution in [-0.4, -0.2) is 4.98 Å². The molecule has 0 aliphatic heterocycles. The highest BCUT2D eigenvalue weighted by Crippen LogP contribution is 2.73. The Labute approximate surface area is 93.2 Å². The SMILES string of the molecule is CC1(C)C(c2ocnc2CBr)C1(C)C. The van der Waals surface area contributed by atoms with Crippen LogP contribution in [0.1, 0.15) is 45.1 Å². The first-order valence-corrected chi connectivity index (χ1v) is 6.03. The highest BCUT2D eigenvalue weighted by atomic mass is 79.9. The molecule has 1 aliphatic carbocycles. The van der Waals surface area contributed by atoms with Gasteiger partial charge in [-0.25, -0.2) is 4.98 Å². The van der Waals surface area contributed by atoms with Crippen LogP contribution in [0.3, 0.4) is 0 Å². The van der Waals surface area contributed by atoms with Crippen molar-refractivity contribution in [3.63, 3.8) is 0 Å². The van der Waals surface area contributed by atoms with Crippen LogP contribution in [0.5, 0.6) is 0 Å². The molecule has 1 heterocycles. The van der Waals surface area contributed by atoms with Gasteiger partial charge in [0, 0.05) is 11.2 Å². The van der Waals surface area contributed by atoms with Gasteiger partial charge in [-0.15, -0.1) is 0 Å². The quantitative estimate of drug-likeness (QED) is 0.755. The molecule has 1 fully saturated rings. The number of oxazole rings is 1. The molecule has 14 heavy (non-hydrogen) atoms. The van der Waals surface area contributed by atoms with Crippen LogP contribution in [0, 0.1) is 10.8 Å². The van der Waals surface area contributed by atoms with Gasteiger partial charge in [0.2, 0.25) is 0 Å². The molecule has 0 spiro atoms. The van der Waals surface area contributed by atoms with Crippen molar-refractivity contribution in [2.45, 2.75) is 38.9 Å². The molecule has 1 aliphatic rings. The maximum atomic E-state index is 5.51. The molecule has 0 N–H and O–H groups in total. The second kappa shape index (κ2) is 2.84. The first-order chi connectivity index (χ1) is 6.43. The van der Waals surface area contributed by atoms with Gasteiger partial charge in [-0.2, -0.15) is 0 Å². The molecule has 3 heteroatoms. The van der Waals surface area contributed by atoms with E-state index in [0.717, 1.165) is 16.8 Å². The Balaban J connectivity index is 2.36. The molecule has 2 nitrogen and oxygen atoms in total. The van der Waals surface area contributed by atoms with E-state index in [4.69, 9.17) is 4.42 Å². The van der Waals surface area contributed by atoms with Crippen molar-refractivity contribution in [1.82, 2.24) is 4.98 Å². The lowest BCUT2D eigenvalue weighted by Crippen LogP contribution is -1.95. The van der Waals surface area contributed by atoms with Crippen LogP contribution < -0.4 is 0 Å². The van der Waals surface area contributed by atoms with E-state index in [9.17, 15) is 0 Å². The number of aromatic nitrogens is 1. The fourth-order valence-corrected chi connectivity index (χ4v) is 2.89. The lowest BCUT2D eigenvalue weighted by Gasteiger charge is -2.03. The Bertz CT molecular complexity index is 340. The zero-order chi connectivity index (χ0) is 10.6. The smallest absolute Gasteiger partial charge is 0.181 e. The molecular formula is C11H16BrNO. The van der Waals surface area contributed by atoms with Crippen LogP contribution in [0.4, 0.5) is 0 Å². The number of hydrogen-bond donors (Lipinski definition) is 0. The Morgan fingerprint density at radius 2 is 1.93 bits per heavy atom. The molecule has 0 bridgehead atoms. The summed E-state index contributed by atoms with van der Waals surface area (Å²) in [6.07, 6.45) is 1.55. The van der Waals surface area contributed by atoms with Crippen LogP contribution in [-0.2, 0) is 5.33 Å². The first-order valence-electron chi connectivity index (χ1n) is 4.91. The van der Waals surface area contributed by atoms with Crippen LogP contribution in [0.25, 0.3) is 0 Å². The van der Waals surface area contributed by atoms with Crippen LogP contribution >= 0.6 is 15.9 Å². The van der Waals surface area contributed by atoms with E-state index in [1.807, 2.05) is 0 Å². The molecule has 0 atom stereocenters. The van der Waals surface area contributed by atoms with Gasteiger partial charge in [0.05, 0.1) is 5.69 Å². The van der Waals surface area contributed by atoms with E-state index in [-0.39, 0.29) is 0 Å². The molecule has 1 aromatic heterocycles. The molecular weight excluding hydrogens is 242 g/mol. The molecule has 2 rings (SSSR count). The highest BCUT2D eigenvalue weighted by Gasteiger charge is 2.67. The van der Waals surface area contributed by atoms with E-state index >= 15 is 0 Å². The van der Waals surface area contributed by atoms with Gasteiger partial charge < -0.3 is 4.42 Å². The van der Waals surface area contributed by atoms with Crippen LogP contribution in [0.15, 0.2) is 10.8 Å². The van der Waals surface area contributed by atoms with Crippen molar-refractivity contribution < 1.29 is 4.42 Å². The second-order valence-electron chi connectivity index (χ2n) is 5.17. The largest absolute Gasteiger partial charge is 0.448 e. The summed E-state index contributed by atoms with van der Waals surface area (Å²) in [7, 11) is 0. The number of hydrogen-bond acceptors (Lipinski definition) is 2. The van der Waals surface area contributed by atoms with Gasteiger partial charge in [-0.05, 0) is 10.8 Å². The summed E-state index contributed by atoms with van der Waals surface area (Å²) >= 11 is 3.44. The van der Waals surface area contributed by atoms with Crippen molar-refractivity contribution in [3.8, 4) is 0 Å². The Morgan fingerprint density at radius 1 is 1.36 bits per heavy atom. The fraction of sp³-hybridized carbons (Fsp3) is 0.727. The third kappa shape index (κ3) is 1.11. The van der Waals surface area contributed by atoms with Crippen molar-refractivity contribution in [2.24, 2.45) is 10.8 Å². The van der Waals surface area contributed by atoms with Gasteiger partial charge in [0.1, 0.15) is 5.76 Å². The maximum absolute atomic E-state index is 5.51. The predicted molar refractivity (Wildman–Crippen MR) is 59.4 cm³/mol. The van der Waals surface area contributed by atoms with Gasteiger partial charge in [0.25, 0.3) is 0 Å². The topological polar surface area (TPSA) is 26.0 Å². The number of nitrogens with zero attached hydrogens (tertiary/aromatic N) is 1. The van der Waals surface area contributed by atoms with Crippen molar-refractivity contribution >= 4 is 15.9 Å². The molecule has 78 valence electrons. The molecule has 0 unspecified atom stereocenters. The average Bonchev–Trinajstić information content (AvgIpc) is 2.51. The van der Waals surface area contributed by atoms with Crippen LogP contribution in [0.2, 0.25) is 0 Å². The minimum absolute atomic E-state index is 0.323. The second-order valence-corrected chi connectivity index (χ2v) is 5.73. The van der Waals surface area contributed by atoms with Crippen molar-refractivity contribution in [1.29, 1.82) is 0 Å².